The summed E-state index contributed by atoms with van der Waals surface area (Å²) in [5.74, 6) is 1.97. The molecule has 5 heterocycles. The van der Waals surface area contributed by atoms with Gasteiger partial charge in [0.05, 0.1) is 24.3 Å². The smallest absolute Gasteiger partial charge is 0.376 e. The van der Waals surface area contributed by atoms with Crippen LogP contribution in [0.25, 0.3) is 16.8 Å². The van der Waals surface area contributed by atoms with Gasteiger partial charge in [0, 0.05) is 49.0 Å². The van der Waals surface area contributed by atoms with E-state index >= 15 is 0 Å². The first-order valence-electron chi connectivity index (χ1n) is 11.1. The second-order valence-corrected chi connectivity index (χ2v) is 8.39. The van der Waals surface area contributed by atoms with Crippen LogP contribution in [0.2, 0.25) is 6.82 Å². The third-order valence-corrected chi connectivity index (χ3v) is 6.18. The molecule has 10 nitrogen and oxygen atoms in total. The minimum atomic E-state index is -0.459. The van der Waals surface area contributed by atoms with Crippen molar-refractivity contribution < 1.29 is 5.02 Å². The molecule has 1 aliphatic heterocycles. The first-order valence-corrected chi connectivity index (χ1v) is 11.1. The third kappa shape index (κ3) is 3.78. The highest BCUT2D eigenvalue weighted by Crippen LogP contribution is 2.32. The molecule has 32 heavy (non-hydrogen) atoms. The van der Waals surface area contributed by atoms with Crippen LogP contribution in [0.1, 0.15) is 31.4 Å². The number of nitrogens with zero attached hydrogens (tertiary/aromatic N) is 8. The number of hydrogen-bond donors (Lipinski definition) is 2. The van der Waals surface area contributed by atoms with Gasteiger partial charge in [-0.2, -0.15) is 19.8 Å². The Hall–Kier alpha value is -3.18. The summed E-state index contributed by atoms with van der Waals surface area (Å²) in [6.45, 7) is 6.35. The fourth-order valence-electron chi connectivity index (χ4n) is 4.45. The molecule has 0 bridgehead atoms. The standard InChI is InChI=1S/C21H28BN9O/c1-4-30-19(7-8-23-30)27-20-10-18(15-6-5-9-29(14-15)22(2)32)26-21-17(12-25-31(20)21)16-11-24-28(3)13-16/h7-8,10-13,15,27,32H,4-6,9,14H2,1-3H3. The van der Waals surface area contributed by atoms with Crippen LogP contribution in [-0.4, -0.2) is 64.1 Å². The number of fused-ring (bicyclic) bond motifs is 1. The van der Waals surface area contributed by atoms with E-state index in [0.717, 1.165) is 66.6 Å². The van der Waals surface area contributed by atoms with Crippen molar-refractivity contribution in [1.29, 1.82) is 0 Å². The van der Waals surface area contributed by atoms with E-state index in [2.05, 4.69) is 38.4 Å². The van der Waals surface area contributed by atoms with Crippen molar-refractivity contribution in [3.8, 4) is 11.1 Å². The lowest BCUT2D eigenvalue weighted by Gasteiger charge is -2.33. The zero-order chi connectivity index (χ0) is 22.2. The molecular formula is C21H28BN9O. The summed E-state index contributed by atoms with van der Waals surface area (Å²) in [4.78, 5) is 7.17. The van der Waals surface area contributed by atoms with Gasteiger partial charge in [0.15, 0.2) is 5.65 Å². The summed E-state index contributed by atoms with van der Waals surface area (Å²) >= 11 is 0. The number of hydrogen-bond acceptors (Lipinski definition) is 7. The maximum absolute atomic E-state index is 10.1. The topological polar surface area (TPSA) is 101 Å². The lowest BCUT2D eigenvalue weighted by atomic mass is 9.80. The molecule has 11 heteroatoms. The van der Waals surface area contributed by atoms with Gasteiger partial charge >= 0.3 is 7.05 Å². The Kier molecular flexibility index (Phi) is 5.44. The summed E-state index contributed by atoms with van der Waals surface area (Å²) in [5.41, 5.74) is 3.70. The molecule has 0 spiro atoms. The molecule has 2 N–H and O–H groups in total. The molecule has 1 unspecified atom stereocenters. The highest BCUT2D eigenvalue weighted by molar-refractivity contribution is 6.45. The number of nitrogens with one attached hydrogen (secondary N) is 1. The van der Waals surface area contributed by atoms with E-state index in [1.165, 1.54) is 0 Å². The molecular weight excluding hydrogens is 405 g/mol. The molecule has 1 saturated heterocycles. The van der Waals surface area contributed by atoms with Crippen molar-refractivity contribution in [1.82, 2.24) is 39.0 Å². The fraction of sp³-hybridized carbons (Fsp3) is 0.429. The molecule has 1 fully saturated rings. The quantitative estimate of drug-likeness (QED) is 0.450. The summed E-state index contributed by atoms with van der Waals surface area (Å²) in [6.07, 6.45) is 9.50. The van der Waals surface area contributed by atoms with E-state index in [-0.39, 0.29) is 5.92 Å². The zero-order valence-electron chi connectivity index (χ0n) is 18.7. The lowest BCUT2D eigenvalue weighted by Crippen LogP contribution is -2.43. The van der Waals surface area contributed by atoms with Crippen LogP contribution in [0.15, 0.2) is 36.9 Å². The van der Waals surface area contributed by atoms with Gasteiger partial charge in [0.1, 0.15) is 11.6 Å². The van der Waals surface area contributed by atoms with E-state index in [1.54, 1.807) is 10.9 Å². The third-order valence-electron chi connectivity index (χ3n) is 6.18. The van der Waals surface area contributed by atoms with Crippen LogP contribution in [0, 0.1) is 0 Å². The Labute approximate surface area is 187 Å². The van der Waals surface area contributed by atoms with Gasteiger partial charge in [-0.25, -0.2) is 9.67 Å². The second kappa shape index (κ2) is 8.40. The lowest BCUT2D eigenvalue weighted by molar-refractivity contribution is 0.283. The Morgan fingerprint density at radius 1 is 1.22 bits per heavy atom. The van der Waals surface area contributed by atoms with Crippen molar-refractivity contribution in [2.24, 2.45) is 7.05 Å². The van der Waals surface area contributed by atoms with Crippen LogP contribution in [0.3, 0.4) is 0 Å². The summed E-state index contributed by atoms with van der Waals surface area (Å²) in [7, 11) is 1.44. The van der Waals surface area contributed by atoms with Crippen molar-refractivity contribution in [3.63, 3.8) is 0 Å². The van der Waals surface area contributed by atoms with Crippen LogP contribution < -0.4 is 5.32 Å². The first-order chi connectivity index (χ1) is 15.5. The Morgan fingerprint density at radius 3 is 2.84 bits per heavy atom. The number of aromatic nitrogens is 7. The number of rotatable bonds is 6. The van der Waals surface area contributed by atoms with Crippen molar-refractivity contribution in [3.05, 3.63) is 42.6 Å². The molecule has 0 aliphatic carbocycles. The highest BCUT2D eigenvalue weighted by atomic mass is 16.2. The van der Waals surface area contributed by atoms with E-state index in [1.807, 2.05) is 47.7 Å². The van der Waals surface area contributed by atoms with E-state index < -0.39 is 7.05 Å². The largest absolute Gasteiger partial charge is 0.437 e. The molecule has 1 atom stereocenters. The van der Waals surface area contributed by atoms with Crippen molar-refractivity contribution in [2.45, 2.75) is 39.1 Å². The minimum absolute atomic E-state index is 0.233. The summed E-state index contributed by atoms with van der Waals surface area (Å²) < 4.78 is 5.53. The minimum Gasteiger partial charge on any atom is -0.437 e. The van der Waals surface area contributed by atoms with E-state index in [0.29, 0.717) is 0 Å². The Balaban J connectivity index is 1.61. The second-order valence-electron chi connectivity index (χ2n) is 8.39. The van der Waals surface area contributed by atoms with E-state index in [9.17, 15) is 5.02 Å². The number of piperidine rings is 1. The Morgan fingerprint density at radius 2 is 2.09 bits per heavy atom. The van der Waals surface area contributed by atoms with Crippen LogP contribution >= 0.6 is 0 Å². The fourth-order valence-corrected chi connectivity index (χ4v) is 4.45. The highest BCUT2D eigenvalue weighted by Gasteiger charge is 2.28. The average molecular weight is 433 g/mol. The van der Waals surface area contributed by atoms with E-state index in [4.69, 9.17) is 4.98 Å². The van der Waals surface area contributed by atoms with Gasteiger partial charge in [-0.05, 0) is 39.7 Å². The molecule has 5 rings (SSSR count). The molecule has 0 amide bonds. The normalized spacial score (nSPS) is 17.2. The van der Waals surface area contributed by atoms with Crippen LogP contribution in [0.4, 0.5) is 11.6 Å². The number of aryl methyl sites for hydroxylation is 2. The predicted octanol–water partition coefficient (Wildman–Crippen LogP) is 2.38. The molecule has 0 radical (unpaired) electrons. The van der Waals surface area contributed by atoms with Crippen LogP contribution in [0.5, 0.6) is 0 Å². The molecule has 4 aromatic rings. The van der Waals surface area contributed by atoms with Crippen LogP contribution in [-0.2, 0) is 13.6 Å². The summed E-state index contributed by atoms with van der Waals surface area (Å²) in [5, 5.41) is 27.0. The predicted molar refractivity (Wildman–Crippen MR) is 124 cm³/mol. The maximum Gasteiger partial charge on any atom is 0.376 e. The average Bonchev–Trinajstić information content (AvgIpc) is 3.53. The SMILES string of the molecule is CCn1nccc1Nc1cc(C2CCCN(B(C)O)C2)nc2c(-c3cnn(C)c3)cnn12. The molecule has 166 valence electrons. The monoisotopic (exact) mass is 433 g/mol. The maximum atomic E-state index is 10.1. The van der Waals surface area contributed by atoms with Crippen molar-refractivity contribution in [2.75, 3.05) is 18.4 Å². The van der Waals surface area contributed by atoms with Gasteiger partial charge < -0.3 is 15.2 Å². The van der Waals surface area contributed by atoms with Gasteiger partial charge in [0.25, 0.3) is 0 Å². The molecule has 0 saturated carbocycles. The van der Waals surface area contributed by atoms with Gasteiger partial charge in [-0.3, -0.25) is 4.68 Å². The van der Waals surface area contributed by atoms with Crippen molar-refractivity contribution >= 4 is 24.3 Å². The molecule has 4 aromatic heterocycles. The first kappa shape index (κ1) is 20.7. The molecule has 1 aliphatic rings. The zero-order valence-corrected chi connectivity index (χ0v) is 18.7. The van der Waals surface area contributed by atoms with Gasteiger partial charge in [-0.1, -0.05) is 0 Å². The van der Waals surface area contributed by atoms with Gasteiger partial charge in [-0.15, -0.1) is 0 Å². The summed E-state index contributed by atoms with van der Waals surface area (Å²) in [6, 6.07) is 4.03. The molecule has 0 aromatic carbocycles. The number of anilines is 2. The Bertz CT molecular complexity index is 1230. The van der Waals surface area contributed by atoms with Gasteiger partial charge in [0.2, 0.25) is 0 Å².